The second-order valence-electron chi connectivity index (χ2n) is 10.9. The number of H-pyrrole nitrogens is 1. The van der Waals surface area contributed by atoms with E-state index < -0.39 is 12.0 Å². The Balaban J connectivity index is 2.68. The van der Waals surface area contributed by atoms with Crippen LogP contribution in [0.15, 0.2) is 12.5 Å². The first-order valence-electron chi connectivity index (χ1n) is 16.0. The molecular weight excluding hydrogens is 490 g/mol. The maximum Gasteiger partial charge on any atom is 0.329 e. The summed E-state index contributed by atoms with van der Waals surface area (Å²) in [6.45, 7) is 6.39. The normalized spacial score (nSPS) is 11.9. The lowest BCUT2D eigenvalue weighted by Gasteiger charge is -2.28. The van der Waals surface area contributed by atoms with E-state index in [9.17, 15) is 14.4 Å². The Morgan fingerprint density at radius 3 is 1.54 bits per heavy atom. The molecule has 1 aromatic rings. The van der Waals surface area contributed by atoms with E-state index in [-0.39, 0.29) is 37.7 Å². The summed E-state index contributed by atoms with van der Waals surface area (Å²) in [6.07, 6.45) is 24.6. The summed E-state index contributed by atoms with van der Waals surface area (Å²) in [5, 5.41) is 0. The minimum atomic E-state index is -0.970. The Hall–Kier alpha value is -2.18. The molecule has 7 heteroatoms. The molecule has 0 unspecified atom stereocenters. The highest BCUT2D eigenvalue weighted by Crippen LogP contribution is 2.18. The Kier molecular flexibility index (Phi) is 21.2. The van der Waals surface area contributed by atoms with Crippen molar-refractivity contribution in [1.82, 2.24) is 14.9 Å². The van der Waals surface area contributed by atoms with Crippen molar-refractivity contribution in [1.29, 1.82) is 0 Å². The Morgan fingerprint density at radius 2 is 1.15 bits per heavy atom. The first kappa shape index (κ1) is 34.8. The number of esters is 1. The molecule has 1 aromatic heterocycles. The van der Waals surface area contributed by atoms with E-state index in [0.717, 1.165) is 38.5 Å². The number of ether oxygens (including phenoxy) is 1. The number of amides is 2. The first-order chi connectivity index (χ1) is 19.0. The number of hydrogen-bond donors (Lipinski definition) is 1. The van der Waals surface area contributed by atoms with Crippen LogP contribution < -0.4 is 0 Å². The van der Waals surface area contributed by atoms with Crippen molar-refractivity contribution in [2.45, 2.75) is 162 Å². The summed E-state index contributed by atoms with van der Waals surface area (Å²) in [5.41, 5.74) is 0.699. The van der Waals surface area contributed by atoms with Gasteiger partial charge in [-0.25, -0.2) is 9.78 Å². The van der Waals surface area contributed by atoms with Crippen molar-refractivity contribution in [3.8, 4) is 0 Å². The molecule has 0 spiro atoms. The predicted octanol–water partition coefficient (Wildman–Crippen LogP) is 8.08. The molecule has 7 nitrogen and oxygen atoms in total. The number of rotatable bonds is 25. The highest BCUT2D eigenvalue weighted by atomic mass is 16.5. The summed E-state index contributed by atoms with van der Waals surface area (Å²) in [7, 11) is 0. The fourth-order valence-corrected chi connectivity index (χ4v) is 5.02. The number of nitrogens with zero attached hydrogens (tertiary/aromatic N) is 2. The van der Waals surface area contributed by atoms with Gasteiger partial charge < -0.3 is 9.72 Å². The van der Waals surface area contributed by atoms with Crippen LogP contribution in [0.3, 0.4) is 0 Å². The molecule has 0 bridgehead atoms. The van der Waals surface area contributed by atoms with E-state index in [1.807, 2.05) is 0 Å². The number of imidazole rings is 1. The number of unbranched alkanes of at least 4 members (excludes halogenated alkanes) is 16. The van der Waals surface area contributed by atoms with Crippen LogP contribution in [-0.2, 0) is 25.5 Å². The average molecular weight is 548 g/mol. The van der Waals surface area contributed by atoms with Crippen LogP contribution in [0.4, 0.5) is 0 Å². The quantitative estimate of drug-likeness (QED) is 0.0986. The first-order valence-corrected chi connectivity index (χ1v) is 16.0. The van der Waals surface area contributed by atoms with Crippen LogP contribution in [0.1, 0.15) is 155 Å². The van der Waals surface area contributed by atoms with Gasteiger partial charge >= 0.3 is 5.97 Å². The number of carbonyl (C=O) groups is 3. The van der Waals surface area contributed by atoms with Gasteiger partial charge in [0.1, 0.15) is 6.04 Å². The molecule has 0 saturated carbocycles. The van der Waals surface area contributed by atoms with Gasteiger partial charge in [-0.15, -0.1) is 0 Å². The topological polar surface area (TPSA) is 92.4 Å². The molecule has 0 radical (unpaired) electrons. The number of imide groups is 1. The van der Waals surface area contributed by atoms with Gasteiger partial charge in [-0.1, -0.05) is 117 Å². The van der Waals surface area contributed by atoms with E-state index in [1.165, 1.54) is 88.3 Å². The monoisotopic (exact) mass is 547 g/mol. The zero-order chi connectivity index (χ0) is 28.6. The maximum atomic E-state index is 13.4. The van der Waals surface area contributed by atoms with E-state index in [2.05, 4.69) is 23.8 Å². The summed E-state index contributed by atoms with van der Waals surface area (Å²) in [5.74, 6) is -1.07. The molecule has 0 aliphatic rings. The fraction of sp³-hybridized carbons (Fsp3) is 0.812. The van der Waals surface area contributed by atoms with Crippen LogP contribution in [0.2, 0.25) is 0 Å². The number of aromatic nitrogens is 2. The second kappa shape index (κ2) is 23.7. The molecule has 1 atom stereocenters. The minimum Gasteiger partial charge on any atom is -0.464 e. The molecule has 1 rings (SSSR count). The van der Waals surface area contributed by atoms with Crippen LogP contribution in [0.25, 0.3) is 0 Å². The molecule has 0 saturated heterocycles. The highest BCUT2D eigenvalue weighted by Gasteiger charge is 2.35. The Bertz CT molecular complexity index is 717. The molecule has 0 aliphatic carbocycles. The number of aromatic amines is 1. The lowest BCUT2D eigenvalue weighted by Crippen LogP contribution is -2.50. The highest BCUT2D eigenvalue weighted by molar-refractivity contribution is 5.99. The van der Waals surface area contributed by atoms with Crippen molar-refractivity contribution in [2.75, 3.05) is 6.61 Å². The standard InChI is InChI=1S/C32H57N3O4/c1-4-7-9-11-13-15-17-19-21-23-30(36)35(29(32(38)39-6-3)25-28-26-33-27-34-28)31(37)24-22-20-18-16-14-12-10-8-5-2/h26-27,29H,4-25H2,1-3H3,(H,33,34)/t29-/m0/s1. The Morgan fingerprint density at radius 1 is 0.718 bits per heavy atom. The zero-order valence-corrected chi connectivity index (χ0v) is 25.3. The van der Waals surface area contributed by atoms with E-state index >= 15 is 0 Å². The van der Waals surface area contributed by atoms with Gasteiger partial charge in [-0.3, -0.25) is 14.5 Å². The predicted molar refractivity (Wildman–Crippen MR) is 158 cm³/mol. The third-order valence-electron chi connectivity index (χ3n) is 7.36. The summed E-state index contributed by atoms with van der Waals surface area (Å²) < 4.78 is 5.31. The van der Waals surface area contributed by atoms with Crippen molar-refractivity contribution < 1.29 is 19.1 Å². The molecule has 224 valence electrons. The van der Waals surface area contributed by atoms with Crippen molar-refractivity contribution in [3.63, 3.8) is 0 Å². The third-order valence-corrected chi connectivity index (χ3v) is 7.36. The fourth-order valence-electron chi connectivity index (χ4n) is 5.02. The molecule has 0 aromatic carbocycles. The molecule has 2 amide bonds. The van der Waals surface area contributed by atoms with Crippen LogP contribution >= 0.6 is 0 Å². The van der Waals surface area contributed by atoms with E-state index in [4.69, 9.17) is 4.74 Å². The van der Waals surface area contributed by atoms with Gasteiger partial charge in [0.2, 0.25) is 11.8 Å². The minimum absolute atomic E-state index is 0.186. The Labute approximate surface area is 238 Å². The van der Waals surface area contributed by atoms with Crippen LogP contribution in [0.5, 0.6) is 0 Å². The van der Waals surface area contributed by atoms with E-state index in [1.54, 1.807) is 13.1 Å². The van der Waals surface area contributed by atoms with Crippen molar-refractivity contribution in [2.24, 2.45) is 0 Å². The number of carbonyl (C=O) groups excluding carboxylic acids is 3. The largest absolute Gasteiger partial charge is 0.464 e. The summed E-state index contributed by atoms with van der Waals surface area (Å²) in [4.78, 5) is 48.0. The smallest absolute Gasteiger partial charge is 0.329 e. The van der Waals surface area contributed by atoms with Gasteiger partial charge in [0.15, 0.2) is 0 Å². The number of nitrogens with one attached hydrogen (secondary N) is 1. The van der Waals surface area contributed by atoms with Crippen molar-refractivity contribution in [3.05, 3.63) is 18.2 Å². The zero-order valence-electron chi connectivity index (χ0n) is 25.3. The van der Waals surface area contributed by atoms with Crippen LogP contribution in [0, 0.1) is 0 Å². The SMILES string of the molecule is CCCCCCCCCCCC(=O)N(C(=O)CCCCCCCCCCC)[C@@H](Cc1cnc[nH]1)C(=O)OCC. The van der Waals surface area contributed by atoms with Gasteiger partial charge in [0, 0.05) is 31.2 Å². The second-order valence-corrected chi connectivity index (χ2v) is 10.9. The summed E-state index contributed by atoms with van der Waals surface area (Å²) in [6, 6.07) is -0.970. The van der Waals surface area contributed by atoms with Gasteiger partial charge in [-0.2, -0.15) is 0 Å². The summed E-state index contributed by atoms with van der Waals surface area (Å²) >= 11 is 0. The average Bonchev–Trinajstić information content (AvgIpc) is 3.44. The lowest BCUT2D eigenvalue weighted by atomic mass is 10.0. The van der Waals surface area contributed by atoms with Gasteiger partial charge in [0.05, 0.1) is 12.9 Å². The number of hydrogen-bond acceptors (Lipinski definition) is 5. The van der Waals surface area contributed by atoms with E-state index in [0.29, 0.717) is 5.69 Å². The van der Waals surface area contributed by atoms with Crippen LogP contribution in [-0.4, -0.2) is 45.3 Å². The van der Waals surface area contributed by atoms with Gasteiger partial charge in [0.25, 0.3) is 0 Å². The molecule has 1 heterocycles. The van der Waals surface area contributed by atoms with Crippen molar-refractivity contribution >= 4 is 17.8 Å². The molecule has 1 N–H and O–H groups in total. The third kappa shape index (κ3) is 16.5. The maximum absolute atomic E-state index is 13.4. The molecule has 39 heavy (non-hydrogen) atoms. The molecular formula is C32H57N3O4. The molecule has 0 fully saturated rings. The lowest BCUT2D eigenvalue weighted by molar-refractivity contribution is -0.161. The van der Waals surface area contributed by atoms with Gasteiger partial charge in [-0.05, 0) is 19.8 Å². The molecule has 0 aliphatic heterocycles.